The van der Waals surface area contributed by atoms with Crippen molar-refractivity contribution in [2.75, 3.05) is 12.3 Å². The maximum absolute atomic E-state index is 8.08. The lowest BCUT2D eigenvalue weighted by Gasteiger charge is -2.16. The summed E-state index contributed by atoms with van der Waals surface area (Å²) in [7, 11) is 0. The van der Waals surface area contributed by atoms with E-state index in [-0.39, 0.29) is 5.82 Å². The predicted molar refractivity (Wildman–Crippen MR) is 51.5 cm³/mol. The number of hydrogen-bond donors (Lipinski definition) is 1. The molecule has 1 aromatic rings. The Morgan fingerprint density at radius 3 is 3.29 bits per heavy atom. The van der Waals surface area contributed by atoms with E-state index in [0.717, 1.165) is 4.68 Å². The first-order valence-electron chi connectivity index (χ1n) is 6.28. The largest absolute Gasteiger partial charge is 0.382 e. The highest BCUT2D eigenvalue weighted by molar-refractivity contribution is 5.23. The molecule has 1 aliphatic rings. The molecular formula is C9H15N3O2. The Bertz CT molecular complexity index is 464. The van der Waals surface area contributed by atoms with Crippen molar-refractivity contribution < 1.29 is 15.0 Å². The van der Waals surface area contributed by atoms with E-state index in [1.54, 1.807) is 0 Å². The van der Waals surface area contributed by atoms with Crippen LogP contribution in [-0.4, -0.2) is 28.2 Å². The van der Waals surface area contributed by atoms with Gasteiger partial charge in [-0.15, -0.1) is 0 Å². The van der Waals surface area contributed by atoms with Gasteiger partial charge in [0.2, 0.25) is 0 Å². The molecule has 1 saturated heterocycles. The van der Waals surface area contributed by atoms with Crippen LogP contribution in [0.5, 0.6) is 0 Å². The monoisotopic (exact) mass is 201 g/mol. The summed E-state index contributed by atoms with van der Waals surface area (Å²) in [6.45, 7) is -0.824. The molecule has 0 saturated carbocycles. The van der Waals surface area contributed by atoms with Crippen LogP contribution in [0.3, 0.4) is 0 Å². The maximum Gasteiger partial charge on any atom is 0.163 e. The molecule has 0 aromatic carbocycles. The maximum atomic E-state index is 8.08. The molecule has 2 atom stereocenters. The summed E-state index contributed by atoms with van der Waals surface area (Å²) in [5, 5.41) is 3.73. The molecule has 5 heteroatoms. The van der Waals surface area contributed by atoms with Crippen molar-refractivity contribution >= 4 is 5.82 Å². The molecule has 2 unspecified atom stereocenters. The van der Waals surface area contributed by atoms with E-state index < -0.39 is 24.9 Å². The lowest BCUT2D eigenvalue weighted by Crippen LogP contribution is -2.24. The van der Waals surface area contributed by atoms with E-state index in [0.29, 0.717) is 0 Å². The van der Waals surface area contributed by atoms with Gasteiger partial charge in [0.05, 0.1) is 18.6 Å². The zero-order chi connectivity index (χ0) is 13.8. The molecule has 1 aliphatic heterocycles. The highest BCUT2D eigenvalue weighted by Gasteiger charge is 2.32. The van der Waals surface area contributed by atoms with E-state index in [1.807, 2.05) is 0 Å². The number of nitrogens with two attached hydrogens (primary N) is 1. The minimum Gasteiger partial charge on any atom is -0.382 e. The Balaban J connectivity index is 2.40. The number of ether oxygens (including phenoxy) is 2. The number of hydrogen-bond acceptors (Lipinski definition) is 4. The van der Waals surface area contributed by atoms with E-state index >= 15 is 0 Å². The first kappa shape index (κ1) is 5.72. The molecule has 2 rings (SSSR count). The Kier molecular flexibility index (Phi) is 1.33. The summed E-state index contributed by atoms with van der Waals surface area (Å²) < 4.78 is 43.0. The molecule has 2 heterocycles. The third-order valence-corrected chi connectivity index (χ3v) is 1.64. The number of rotatable bonds is 2. The Morgan fingerprint density at radius 2 is 2.79 bits per heavy atom. The van der Waals surface area contributed by atoms with Crippen LogP contribution in [0, 0.1) is 0 Å². The van der Waals surface area contributed by atoms with Crippen molar-refractivity contribution in [3.8, 4) is 0 Å². The molecule has 2 N–H and O–H groups in total. The minimum absolute atomic E-state index is 0.127. The highest BCUT2D eigenvalue weighted by Crippen LogP contribution is 2.22. The molecule has 78 valence electrons. The van der Waals surface area contributed by atoms with Crippen molar-refractivity contribution in [2.45, 2.75) is 32.2 Å². The summed E-state index contributed by atoms with van der Waals surface area (Å²) in [5.74, 6) is -1.07. The second kappa shape index (κ2) is 3.25. The van der Waals surface area contributed by atoms with E-state index in [2.05, 4.69) is 5.10 Å². The van der Waals surface area contributed by atoms with Gasteiger partial charge in [-0.1, -0.05) is 0 Å². The molecule has 1 aromatic heterocycles. The predicted octanol–water partition coefficient (Wildman–Crippen LogP) is 0.617. The van der Waals surface area contributed by atoms with Gasteiger partial charge < -0.3 is 15.2 Å². The van der Waals surface area contributed by atoms with Crippen LogP contribution in [0.25, 0.3) is 0 Å². The van der Waals surface area contributed by atoms with E-state index in [4.69, 9.17) is 20.7 Å². The SMILES string of the molecule is [2H]C1OC(C)(C)OC1([2H])C([2H])([2H])n1ccc(N)n1. The van der Waals surface area contributed by atoms with Gasteiger partial charge in [-0.05, 0) is 19.9 Å². The van der Waals surface area contributed by atoms with Crippen LogP contribution < -0.4 is 5.73 Å². The Hall–Kier alpha value is -1.07. The molecule has 14 heavy (non-hydrogen) atoms. The first-order valence-corrected chi connectivity index (χ1v) is 4.20. The Labute approximate surface area is 88.4 Å². The average molecular weight is 201 g/mol. The quantitative estimate of drug-likeness (QED) is 0.761. The Morgan fingerprint density at radius 1 is 2.00 bits per heavy atom. The van der Waals surface area contributed by atoms with E-state index in [9.17, 15) is 0 Å². The summed E-state index contributed by atoms with van der Waals surface area (Å²) in [6, 6.07) is 1.40. The zero-order valence-corrected chi connectivity index (χ0v) is 8.02. The summed E-state index contributed by atoms with van der Waals surface area (Å²) in [4.78, 5) is 0. The number of nitrogen functional groups attached to an aromatic ring is 1. The van der Waals surface area contributed by atoms with Gasteiger partial charge in [-0.2, -0.15) is 5.10 Å². The van der Waals surface area contributed by atoms with Gasteiger partial charge >= 0.3 is 0 Å². The first-order chi connectivity index (χ1) is 8.08. The molecule has 0 spiro atoms. The van der Waals surface area contributed by atoms with Gasteiger partial charge in [-0.25, -0.2) is 0 Å². The van der Waals surface area contributed by atoms with Crippen LogP contribution in [-0.2, 0) is 16.0 Å². The van der Waals surface area contributed by atoms with Crippen molar-refractivity contribution in [2.24, 2.45) is 0 Å². The fourth-order valence-corrected chi connectivity index (χ4v) is 1.07. The third kappa shape index (κ3) is 2.05. The lowest BCUT2D eigenvalue weighted by atomic mass is 10.4. The number of anilines is 1. The van der Waals surface area contributed by atoms with Gasteiger partial charge in [-0.3, -0.25) is 4.68 Å². The van der Waals surface area contributed by atoms with Gasteiger partial charge in [0.25, 0.3) is 0 Å². The zero-order valence-electron chi connectivity index (χ0n) is 12.0. The molecule has 0 aliphatic carbocycles. The molecule has 5 nitrogen and oxygen atoms in total. The summed E-state index contributed by atoms with van der Waals surface area (Å²) in [6.07, 6.45) is -0.929. The molecule has 0 radical (unpaired) electrons. The van der Waals surface area contributed by atoms with Crippen molar-refractivity contribution in [1.29, 1.82) is 0 Å². The van der Waals surface area contributed by atoms with Crippen molar-refractivity contribution in [1.82, 2.24) is 9.78 Å². The van der Waals surface area contributed by atoms with Gasteiger partial charge in [0.15, 0.2) is 5.79 Å². The highest BCUT2D eigenvalue weighted by atomic mass is 16.7. The molecule has 0 bridgehead atoms. The minimum atomic E-state index is -2.38. The fraction of sp³-hybridized carbons (Fsp3) is 0.667. The van der Waals surface area contributed by atoms with Gasteiger partial charge in [0, 0.05) is 6.20 Å². The normalized spacial score (nSPS) is 41.1. The van der Waals surface area contributed by atoms with Crippen LogP contribution >= 0.6 is 0 Å². The van der Waals surface area contributed by atoms with Gasteiger partial charge in [0.1, 0.15) is 11.9 Å². The molecule has 0 amide bonds. The van der Waals surface area contributed by atoms with Crippen LogP contribution in [0.15, 0.2) is 12.3 Å². The molecule has 1 fully saturated rings. The fourth-order valence-electron chi connectivity index (χ4n) is 1.07. The standard InChI is InChI=1S/C9H15N3O2/c1-9(2)13-6-7(14-9)5-12-4-3-8(10)11-12/h3-4,7H,5-6H2,1-2H3,(H2,10,11)/i5D2,6D,7D. The third-order valence-electron chi connectivity index (χ3n) is 1.64. The summed E-state index contributed by atoms with van der Waals surface area (Å²) >= 11 is 0. The average Bonchev–Trinajstić information content (AvgIpc) is 2.70. The van der Waals surface area contributed by atoms with Crippen molar-refractivity contribution in [3.05, 3.63) is 12.3 Å². The van der Waals surface area contributed by atoms with Crippen molar-refractivity contribution in [3.63, 3.8) is 0 Å². The lowest BCUT2D eigenvalue weighted by molar-refractivity contribution is -0.139. The van der Waals surface area contributed by atoms with Crippen LogP contribution in [0.2, 0.25) is 0 Å². The molecular weight excluding hydrogens is 182 g/mol. The smallest absolute Gasteiger partial charge is 0.163 e. The second-order valence-electron chi connectivity index (χ2n) is 3.40. The second-order valence-corrected chi connectivity index (χ2v) is 3.40. The van der Waals surface area contributed by atoms with Crippen LogP contribution in [0.4, 0.5) is 5.82 Å². The topological polar surface area (TPSA) is 62.3 Å². The van der Waals surface area contributed by atoms with E-state index in [1.165, 1.54) is 26.1 Å². The number of aromatic nitrogens is 2. The number of nitrogens with zero attached hydrogens (tertiary/aromatic N) is 2. The van der Waals surface area contributed by atoms with Crippen LogP contribution in [0.1, 0.15) is 19.3 Å². The summed E-state index contributed by atoms with van der Waals surface area (Å²) in [5.41, 5.74) is 5.43.